The van der Waals surface area contributed by atoms with E-state index in [2.05, 4.69) is 5.32 Å². The Bertz CT molecular complexity index is 579. The number of hydrogen-bond acceptors (Lipinski definition) is 4. The van der Waals surface area contributed by atoms with Crippen LogP contribution in [0.3, 0.4) is 0 Å². The Morgan fingerprint density at radius 1 is 1.32 bits per heavy atom. The number of carbonyl (C=O) groups excluding carboxylic acids is 1. The quantitative estimate of drug-likeness (QED) is 0.804. The molecule has 3 rings (SSSR count). The van der Waals surface area contributed by atoms with Gasteiger partial charge in [0, 0.05) is 23.6 Å². The number of ether oxygens (including phenoxy) is 2. The number of amides is 1. The summed E-state index contributed by atoms with van der Waals surface area (Å²) in [4.78, 5) is 12.5. The molecule has 7 heteroatoms. The van der Waals surface area contributed by atoms with Crippen molar-refractivity contribution in [1.29, 1.82) is 0 Å². The monoisotopic (exact) mass is 388 g/mol. The van der Waals surface area contributed by atoms with Crippen LogP contribution in [0.4, 0.5) is 5.69 Å². The highest BCUT2D eigenvalue weighted by Gasteiger charge is 2.26. The lowest BCUT2D eigenvalue weighted by Gasteiger charge is -2.26. The zero-order valence-electron chi connectivity index (χ0n) is 14.2. The number of rotatable bonds is 5. The molecule has 1 aromatic rings. The zero-order chi connectivity index (χ0) is 16.9. The largest absolute Gasteiger partial charge is 0.489 e. The van der Waals surface area contributed by atoms with Gasteiger partial charge in [0.15, 0.2) is 0 Å². The van der Waals surface area contributed by atoms with Gasteiger partial charge in [0.2, 0.25) is 5.91 Å². The summed E-state index contributed by atoms with van der Waals surface area (Å²) in [7, 11) is 0. The van der Waals surface area contributed by atoms with Crippen LogP contribution in [-0.4, -0.2) is 31.3 Å². The summed E-state index contributed by atoms with van der Waals surface area (Å²) >= 11 is 6.08. The molecule has 2 fully saturated rings. The Kier molecular flexibility index (Phi) is 7.81. The van der Waals surface area contributed by atoms with Gasteiger partial charge in [-0.15, -0.1) is 12.4 Å². The normalized spacial score (nSPS) is 25.9. The fourth-order valence-electron chi connectivity index (χ4n) is 3.38. The average molecular weight is 389 g/mol. The number of hydrogen-bond donors (Lipinski definition) is 2. The first-order valence-corrected chi connectivity index (χ1v) is 9.10. The van der Waals surface area contributed by atoms with E-state index < -0.39 is 0 Å². The van der Waals surface area contributed by atoms with Crippen molar-refractivity contribution in [3.63, 3.8) is 0 Å². The minimum absolute atomic E-state index is 0. The highest BCUT2D eigenvalue weighted by Crippen LogP contribution is 2.31. The van der Waals surface area contributed by atoms with Crippen LogP contribution in [-0.2, 0) is 9.53 Å². The summed E-state index contributed by atoms with van der Waals surface area (Å²) in [6.45, 7) is 1.28. The van der Waals surface area contributed by atoms with Crippen LogP contribution in [0.15, 0.2) is 18.2 Å². The summed E-state index contributed by atoms with van der Waals surface area (Å²) in [5.74, 6) is 0.580. The standard InChI is InChI=1S/C18H25ClN2O3.ClH/c19-13-6-7-17(24-11-15-5-2-8-23-15)16(10-13)21-18(22)12-3-1-4-14(20)9-12;/h6-7,10,12,14-15H,1-5,8-9,11,20H2,(H,21,22);1H. The third-order valence-electron chi connectivity index (χ3n) is 4.73. The topological polar surface area (TPSA) is 73.6 Å². The molecule has 25 heavy (non-hydrogen) atoms. The van der Waals surface area contributed by atoms with Gasteiger partial charge < -0.3 is 20.5 Å². The second kappa shape index (κ2) is 9.62. The van der Waals surface area contributed by atoms with Gasteiger partial charge in [-0.05, 0) is 50.3 Å². The van der Waals surface area contributed by atoms with Crippen LogP contribution in [0, 0.1) is 5.92 Å². The van der Waals surface area contributed by atoms with Crippen molar-refractivity contribution >= 4 is 35.6 Å². The number of halogens is 2. The highest BCUT2D eigenvalue weighted by atomic mass is 35.5. The molecule has 0 radical (unpaired) electrons. The molecule has 0 bridgehead atoms. The fourth-order valence-corrected chi connectivity index (χ4v) is 3.56. The second-order valence-corrected chi connectivity index (χ2v) is 7.14. The predicted molar refractivity (Wildman–Crippen MR) is 102 cm³/mol. The van der Waals surface area contributed by atoms with Crippen molar-refractivity contribution < 1.29 is 14.3 Å². The van der Waals surface area contributed by atoms with Crippen molar-refractivity contribution in [2.75, 3.05) is 18.5 Å². The molecule has 2 aliphatic rings. The SMILES string of the molecule is Cl.NC1CCCC(C(=O)Nc2cc(Cl)ccc2OCC2CCCO2)C1. The number of nitrogens with one attached hydrogen (secondary N) is 1. The Balaban J connectivity index is 0.00000225. The number of carbonyl (C=O) groups is 1. The van der Waals surface area contributed by atoms with Gasteiger partial charge in [-0.1, -0.05) is 18.0 Å². The van der Waals surface area contributed by atoms with Crippen molar-refractivity contribution in [3.8, 4) is 5.75 Å². The van der Waals surface area contributed by atoms with Crippen molar-refractivity contribution in [3.05, 3.63) is 23.2 Å². The van der Waals surface area contributed by atoms with Crippen molar-refractivity contribution in [1.82, 2.24) is 0 Å². The zero-order valence-corrected chi connectivity index (χ0v) is 15.8. The third kappa shape index (κ3) is 5.74. The molecule has 3 unspecified atom stereocenters. The summed E-state index contributed by atoms with van der Waals surface area (Å²) in [6, 6.07) is 5.40. The molecule has 1 aromatic carbocycles. The summed E-state index contributed by atoms with van der Waals surface area (Å²) in [6.07, 6.45) is 5.81. The van der Waals surface area contributed by atoms with Gasteiger partial charge in [0.05, 0.1) is 11.8 Å². The first kappa shape index (κ1) is 20.3. The minimum atomic E-state index is -0.0428. The molecule has 140 valence electrons. The van der Waals surface area contributed by atoms with E-state index in [4.69, 9.17) is 26.8 Å². The second-order valence-electron chi connectivity index (χ2n) is 6.70. The van der Waals surface area contributed by atoms with Crippen LogP contribution in [0.25, 0.3) is 0 Å². The van der Waals surface area contributed by atoms with Crippen molar-refractivity contribution in [2.24, 2.45) is 11.7 Å². The summed E-state index contributed by atoms with van der Waals surface area (Å²) in [5, 5.41) is 3.54. The van der Waals surface area contributed by atoms with E-state index in [0.717, 1.165) is 45.1 Å². The maximum absolute atomic E-state index is 12.5. The number of nitrogens with two attached hydrogens (primary N) is 1. The molecule has 1 aliphatic heterocycles. The Hall–Kier alpha value is -1.01. The van der Waals surface area contributed by atoms with E-state index in [9.17, 15) is 4.79 Å². The van der Waals surface area contributed by atoms with Gasteiger partial charge in [0.1, 0.15) is 12.4 Å². The van der Waals surface area contributed by atoms with E-state index in [1.54, 1.807) is 18.2 Å². The van der Waals surface area contributed by atoms with Crippen LogP contribution >= 0.6 is 24.0 Å². The third-order valence-corrected chi connectivity index (χ3v) is 4.97. The molecular weight excluding hydrogens is 363 g/mol. The van der Waals surface area contributed by atoms with Crippen molar-refractivity contribution in [2.45, 2.75) is 50.7 Å². The Morgan fingerprint density at radius 2 is 2.16 bits per heavy atom. The van der Waals surface area contributed by atoms with Gasteiger partial charge in [0.25, 0.3) is 0 Å². The maximum Gasteiger partial charge on any atom is 0.227 e. The predicted octanol–water partition coefficient (Wildman–Crippen LogP) is 3.78. The smallest absolute Gasteiger partial charge is 0.227 e. The lowest BCUT2D eigenvalue weighted by atomic mass is 9.85. The van der Waals surface area contributed by atoms with E-state index in [0.29, 0.717) is 23.1 Å². The lowest BCUT2D eigenvalue weighted by molar-refractivity contribution is -0.120. The van der Waals surface area contributed by atoms with E-state index >= 15 is 0 Å². The fraction of sp³-hybridized carbons (Fsp3) is 0.611. The molecule has 3 atom stereocenters. The van der Waals surface area contributed by atoms with Crippen LogP contribution < -0.4 is 15.8 Å². The van der Waals surface area contributed by atoms with Crippen LogP contribution in [0.1, 0.15) is 38.5 Å². The van der Waals surface area contributed by atoms with E-state index in [-0.39, 0.29) is 36.4 Å². The Morgan fingerprint density at radius 3 is 2.88 bits per heavy atom. The molecule has 1 saturated heterocycles. The van der Waals surface area contributed by atoms with Gasteiger partial charge in [-0.3, -0.25) is 4.79 Å². The van der Waals surface area contributed by atoms with Crippen LogP contribution in [0.2, 0.25) is 5.02 Å². The molecule has 1 heterocycles. The first-order chi connectivity index (χ1) is 11.6. The number of anilines is 1. The molecule has 1 aliphatic carbocycles. The van der Waals surface area contributed by atoms with Gasteiger partial charge in [-0.25, -0.2) is 0 Å². The maximum atomic E-state index is 12.5. The molecule has 3 N–H and O–H groups in total. The summed E-state index contributed by atoms with van der Waals surface area (Å²) < 4.78 is 11.4. The Labute approximate surface area is 160 Å². The van der Waals surface area contributed by atoms with E-state index in [1.807, 2.05) is 0 Å². The molecule has 1 saturated carbocycles. The summed E-state index contributed by atoms with van der Waals surface area (Å²) in [5.41, 5.74) is 6.60. The first-order valence-electron chi connectivity index (χ1n) is 8.72. The lowest BCUT2D eigenvalue weighted by Crippen LogP contribution is -2.34. The molecule has 0 aromatic heterocycles. The van der Waals surface area contributed by atoms with Gasteiger partial charge in [-0.2, -0.15) is 0 Å². The molecule has 0 spiro atoms. The number of benzene rings is 1. The minimum Gasteiger partial charge on any atom is -0.489 e. The molecular formula is C18H26Cl2N2O3. The molecule has 1 amide bonds. The van der Waals surface area contributed by atoms with Crippen LogP contribution in [0.5, 0.6) is 5.75 Å². The van der Waals surface area contributed by atoms with Gasteiger partial charge >= 0.3 is 0 Å². The average Bonchev–Trinajstić information content (AvgIpc) is 3.07. The highest BCUT2D eigenvalue weighted by molar-refractivity contribution is 6.31. The van der Waals surface area contributed by atoms with E-state index in [1.165, 1.54) is 0 Å². The molecule has 5 nitrogen and oxygen atoms in total.